The third kappa shape index (κ3) is 3.93. The lowest BCUT2D eigenvalue weighted by atomic mass is 10.1. The number of nitrogens with two attached hydrogens (primary N) is 1. The summed E-state index contributed by atoms with van der Waals surface area (Å²) in [7, 11) is -3.40. The summed E-state index contributed by atoms with van der Waals surface area (Å²) in [6.07, 6.45) is 0. The number of oxime groups is 1. The van der Waals surface area contributed by atoms with E-state index in [0.29, 0.717) is 5.56 Å². The molecule has 0 aromatic heterocycles. The molecule has 106 valence electrons. The number of rotatable bonds is 4. The van der Waals surface area contributed by atoms with Gasteiger partial charge in [0.15, 0.2) is 5.84 Å². The molecule has 4 N–H and O–H groups in total. The monoisotopic (exact) mass is 285 g/mol. The number of hydrogen-bond donors (Lipinski definition) is 3. The Balaban J connectivity index is 2.86. The zero-order chi connectivity index (χ0) is 14.7. The van der Waals surface area contributed by atoms with Crippen molar-refractivity contribution in [3.8, 4) is 0 Å². The fraction of sp³-hybridized carbons (Fsp3) is 0.417. The van der Waals surface area contributed by atoms with Gasteiger partial charge in [0.2, 0.25) is 10.0 Å². The van der Waals surface area contributed by atoms with Crippen LogP contribution in [0.5, 0.6) is 0 Å². The highest BCUT2D eigenvalue weighted by Gasteiger charge is 2.28. The summed E-state index contributed by atoms with van der Waals surface area (Å²) >= 11 is 0. The molecule has 0 saturated carbocycles. The average Bonchev–Trinajstić information content (AvgIpc) is 2.34. The molecule has 0 fully saturated rings. The van der Waals surface area contributed by atoms with Crippen molar-refractivity contribution in [3.63, 3.8) is 0 Å². The molecule has 0 amide bonds. The summed E-state index contributed by atoms with van der Waals surface area (Å²) < 4.78 is 25.5. The summed E-state index contributed by atoms with van der Waals surface area (Å²) in [5.74, 6) is -0.0134. The van der Waals surface area contributed by atoms with Gasteiger partial charge in [0.25, 0.3) is 0 Å². The molecule has 0 atom stereocenters. The molecule has 0 bridgehead atoms. The van der Waals surface area contributed by atoms with Gasteiger partial charge < -0.3 is 10.9 Å². The fourth-order valence-corrected chi connectivity index (χ4v) is 2.08. The first-order valence-electron chi connectivity index (χ1n) is 5.73. The van der Waals surface area contributed by atoms with Crippen LogP contribution in [0.2, 0.25) is 0 Å². The van der Waals surface area contributed by atoms with Crippen LogP contribution in [-0.4, -0.2) is 24.2 Å². The van der Waals surface area contributed by atoms with Crippen LogP contribution in [0.15, 0.2) is 29.4 Å². The molecule has 1 aromatic rings. The Morgan fingerprint density at radius 3 is 2.58 bits per heavy atom. The van der Waals surface area contributed by atoms with E-state index in [2.05, 4.69) is 9.88 Å². The van der Waals surface area contributed by atoms with Gasteiger partial charge in [-0.1, -0.05) is 23.4 Å². The molecular weight excluding hydrogens is 266 g/mol. The van der Waals surface area contributed by atoms with E-state index in [4.69, 9.17) is 10.9 Å². The zero-order valence-electron chi connectivity index (χ0n) is 11.2. The van der Waals surface area contributed by atoms with Crippen LogP contribution in [0.1, 0.15) is 31.9 Å². The molecule has 7 heteroatoms. The third-order valence-electron chi connectivity index (χ3n) is 2.60. The van der Waals surface area contributed by atoms with Crippen molar-refractivity contribution >= 4 is 15.9 Å². The van der Waals surface area contributed by atoms with Crippen LogP contribution < -0.4 is 10.5 Å². The zero-order valence-corrected chi connectivity index (χ0v) is 12.0. The second-order valence-electron chi connectivity index (χ2n) is 5.12. The molecule has 1 rings (SSSR count). The normalized spacial score (nSPS) is 13.5. The molecule has 0 radical (unpaired) electrons. The Bertz CT molecular complexity index is 574. The minimum Gasteiger partial charge on any atom is -0.409 e. The highest BCUT2D eigenvalue weighted by atomic mass is 32.2. The highest BCUT2D eigenvalue weighted by Crippen LogP contribution is 2.14. The first kappa shape index (κ1) is 15.5. The van der Waals surface area contributed by atoms with Gasteiger partial charge in [0.05, 0.1) is 4.75 Å². The van der Waals surface area contributed by atoms with Gasteiger partial charge in [-0.2, -0.15) is 0 Å². The number of hydrogen-bond acceptors (Lipinski definition) is 4. The molecule has 6 nitrogen and oxygen atoms in total. The fourth-order valence-electron chi connectivity index (χ4n) is 1.29. The molecule has 1 aromatic carbocycles. The standard InChI is InChI=1S/C12H19N3O3S/c1-12(2,3)19(17,18)14-8-9-5-4-6-10(7-9)11(13)15-16/h4-7,14,16H,8H2,1-3H3,(H2,13,15). The van der Waals surface area contributed by atoms with Gasteiger partial charge in [-0.15, -0.1) is 0 Å². The Kier molecular flexibility index (Phi) is 4.54. The summed E-state index contributed by atoms with van der Waals surface area (Å²) in [4.78, 5) is 0. The van der Waals surface area contributed by atoms with Gasteiger partial charge in [-0.25, -0.2) is 13.1 Å². The number of sulfonamides is 1. The Morgan fingerprint density at radius 1 is 1.42 bits per heavy atom. The van der Waals surface area contributed by atoms with Crippen LogP contribution in [0.3, 0.4) is 0 Å². The predicted octanol–water partition coefficient (Wildman–Crippen LogP) is 0.999. The van der Waals surface area contributed by atoms with E-state index in [1.807, 2.05) is 0 Å². The van der Waals surface area contributed by atoms with Gasteiger partial charge in [-0.05, 0) is 32.4 Å². The Morgan fingerprint density at radius 2 is 2.05 bits per heavy atom. The first-order chi connectivity index (χ1) is 8.67. The Labute approximate surface area is 113 Å². The van der Waals surface area contributed by atoms with Crippen molar-refractivity contribution < 1.29 is 13.6 Å². The number of nitrogens with zero attached hydrogens (tertiary/aromatic N) is 1. The van der Waals surface area contributed by atoms with E-state index in [1.54, 1.807) is 45.0 Å². The van der Waals surface area contributed by atoms with Crippen LogP contribution >= 0.6 is 0 Å². The third-order valence-corrected chi connectivity index (χ3v) is 4.74. The molecule has 0 heterocycles. The van der Waals surface area contributed by atoms with Crippen LogP contribution in [0, 0.1) is 0 Å². The molecule has 19 heavy (non-hydrogen) atoms. The predicted molar refractivity (Wildman–Crippen MR) is 74.5 cm³/mol. The SMILES string of the molecule is CC(C)(C)S(=O)(=O)NCc1cccc(/C(N)=N/O)c1. The molecule has 0 unspecified atom stereocenters. The average molecular weight is 285 g/mol. The molecule has 0 aliphatic rings. The number of nitrogens with one attached hydrogen (secondary N) is 1. The van der Waals surface area contributed by atoms with Crippen molar-refractivity contribution in [2.75, 3.05) is 0 Å². The van der Waals surface area contributed by atoms with Gasteiger partial charge in [0.1, 0.15) is 0 Å². The van der Waals surface area contributed by atoms with Crippen molar-refractivity contribution in [2.24, 2.45) is 10.9 Å². The lowest BCUT2D eigenvalue weighted by Crippen LogP contribution is -2.38. The van der Waals surface area contributed by atoms with E-state index < -0.39 is 14.8 Å². The smallest absolute Gasteiger partial charge is 0.216 e. The maximum atomic E-state index is 11.9. The second kappa shape index (κ2) is 5.58. The van der Waals surface area contributed by atoms with Gasteiger partial charge in [0, 0.05) is 12.1 Å². The minimum absolute atomic E-state index is 0.0134. The molecular formula is C12H19N3O3S. The topological polar surface area (TPSA) is 105 Å². The number of benzene rings is 1. The largest absolute Gasteiger partial charge is 0.409 e. The van der Waals surface area contributed by atoms with E-state index in [0.717, 1.165) is 5.56 Å². The highest BCUT2D eigenvalue weighted by molar-refractivity contribution is 7.90. The van der Waals surface area contributed by atoms with Crippen molar-refractivity contribution in [1.29, 1.82) is 0 Å². The summed E-state index contributed by atoms with van der Waals surface area (Å²) in [5, 5.41) is 11.5. The van der Waals surface area contributed by atoms with Crippen LogP contribution in [0.25, 0.3) is 0 Å². The Hall–Kier alpha value is -1.60. The van der Waals surface area contributed by atoms with Crippen molar-refractivity contribution in [1.82, 2.24) is 4.72 Å². The minimum atomic E-state index is -3.40. The first-order valence-corrected chi connectivity index (χ1v) is 7.22. The lowest BCUT2D eigenvalue weighted by Gasteiger charge is -2.19. The van der Waals surface area contributed by atoms with Gasteiger partial charge >= 0.3 is 0 Å². The lowest BCUT2D eigenvalue weighted by molar-refractivity contribution is 0.318. The van der Waals surface area contributed by atoms with E-state index in [1.165, 1.54) is 0 Å². The van der Waals surface area contributed by atoms with Crippen LogP contribution in [-0.2, 0) is 16.6 Å². The maximum absolute atomic E-state index is 11.9. The number of amidine groups is 1. The quantitative estimate of drug-likeness (QED) is 0.332. The second-order valence-corrected chi connectivity index (χ2v) is 7.64. The van der Waals surface area contributed by atoms with E-state index >= 15 is 0 Å². The van der Waals surface area contributed by atoms with Crippen LogP contribution in [0.4, 0.5) is 0 Å². The summed E-state index contributed by atoms with van der Waals surface area (Å²) in [5.41, 5.74) is 6.75. The van der Waals surface area contributed by atoms with E-state index in [-0.39, 0.29) is 12.4 Å². The summed E-state index contributed by atoms with van der Waals surface area (Å²) in [6, 6.07) is 6.82. The maximum Gasteiger partial charge on any atom is 0.216 e. The van der Waals surface area contributed by atoms with Gasteiger partial charge in [-0.3, -0.25) is 0 Å². The molecule has 0 aliphatic carbocycles. The van der Waals surface area contributed by atoms with Crippen molar-refractivity contribution in [2.45, 2.75) is 32.1 Å². The van der Waals surface area contributed by atoms with Crippen molar-refractivity contribution in [3.05, 3.63) is 35.4 Å². The molecule has 0 saturated heterocycles. The molecule has 0 spiro atoms. The van der Waals surface area contributed by atoms with E-state index in [9.17, 15) is 8.42 Å². The molecule has 0 aliphatic heterocycles. The summed E-state index contributed by atoms with van der Waals surface area (Å²) in [6.45, 7) is 5.04.